The average molecular weight is 449 g/mol. The van der Waals surface area contributed by atoms with Crippen molar-refractivity contribution in [3.8, 4) is 11.5 Å². The standard InChI is InChI=1S/C23H17BrN2O3/c24-17-5-3-6-18-21(17)23(22(27)26(18)12-15-4-1-2-8-25-15)13-29-20-11-19-14(7-9-28-19)10-16(20)23/h1-6,8,10-11H,7,9,12-13H2. The van der Waals surface area contributed by atoms with Crippen LogP contribution in [-0.4, -0.2) is 24.1 Å². The molecule has 3 aromatic rings. The lowest BCUT2D eigenvalue weighted by atomic mass is 9.76. The van der Waals surface area contributed by atoms with Crippen LogP contribution in [0.25, 0.3) is 0 Å². The van der Waals surface area contributed by atoms with Crippen molar-refractivity contribution in [1.82, 2.24) is 4.98 Å². The summed E-state index contributed by atoms with van der Waals surface area (Å²) in [6, 6.07) is 15.8. The molecule has 1 aromatic heterocycles. The molecule has 0 aliphatic carbocycles. The largest absolute Gasteiger partial charge is 0.493 e. The van der Waals surface area contributed by atoms with E-state index in [9.17, 15) is 4.79 Å². The Morgan fingerprint density at radius 2 is 2.03 bits per heavy atom. The fraction of sp³-hybridized carbons (Fsp3) is 0.217. The molecule has 0 bridgehead atoms. The Labute approximate surface area is 176 Å². The van der Waals surface area contributed by atoms with E-state index in [2.05, 4.69) is 27.0 Å². The number of benzene rings is 2. The molecule has 29 heavy (non-hydrogen) atoms. The Morgan fingerprint density at radius 1 is 1.10 bits per heavy atom. The lowest BCUT2D eigenvalue weighted by molar-refractivity contribution is -0.122. The minimum Gasteiger partial charge on any atom is -0.493 e. The molecule has 0 N–H and O–H groups in total. The smallest absolute Gasteiger partial charge is 0.246 e. The molecule has 1 atom stereocenters. The van der Waals surface area contributed by atoms with Crippen molar-refractivity contribution >= 4 is 27.5 Å². The Balaban J connectivity index is 1.55. The van der Waals surface area contributed by atoms with Crippen LogP contribution in [0.4, 0.5) is 5.69 Å². The zero-order valence-electron chi connectivity index (χ0n) is 15.5. The van der Waals surface area contributed by atoms with E-state index in [0.29, 0.717) is 19.8 Å². The highest BCUT2D eigenvalue weighted by Crippen LogP contribution is 2.56. The summed E-state index contributed by atoms with van der Waals surface area (Å²) in [6.45, 7) is 1.39. The van der Waals surface area contributed by atoms with E-state index in [1.165, 1.54) is 0 Å². The van der Waals surface area contributed by atoms with Gasteiger partial charge in [0.25, 0.3) is 0 Å². The summed E-state index contributed by atoms with van der Waals surface area (Å²) in [5.74, 6) is 1.63. The Bertz CT molecular complexity index is 1160. The molecule has 0 radical (unpaired) electrons. The fourth-order valence-electron chi connectivity index (χ4n) is 4.72. The number of hydrogen-bond donors (Lipinski definition) is 0. The lowest BCUT2D eigenvalue weighted by Crippen LogP contribution is -2.42. The van der Waals surface area contributed by atoms with Crippen molar-refractivity contribution in [3.05, 3.63) is 81.6 Å². The van der Waals surface area contributed by atoms with Gasteiger partial charge in [-0.1, -0.05) is 28.1 Å². The molecule has 6 heteroatoms. The molecular weight excluding hydrogens is 432 g/mol. The van der Waals surface area contributed by atoms with E-state index in [0.717, 1.165) is 50.5 Å². The van der Waals surface area contributed by atoms with Crippen LogP contribution >= 0.6 is 15.9 Å². The van der Waals surface area contributed by atoms with Gasteiger partial charge < -0.3 is 14.4 Å². The number of aromatic nitrogens is 1. The third kappa shape index (κ3) is 2.26. The zero-order chi connectivity index (χ0) is 19.6. The van der Waals surface area contributed by atoms with Crippen molar-refractivity contribution in [2.75, 3.05) is 18.1 Å². The fourth-order valence-corrected chi connectivity index (χ4v) is 5.42. The van der Waals surface area contributed by atoms with Crippen LogP contribution < -0.4 is 14.4 Å². The van der Waals surface area contributed by atoms with Crippen molar-refractivity contribution in [3.63, 3.8) is 0 Å². The number of ether oxygens (including phenoxy) is 2. The number of amides is 1. The molecule has 6 rings (SSSR count). The third-order valence-corrected chi connectivity index (χ3v) is 6.72. The van der Waals surface area contributed by atoms with Crippen LogP contribution in [0, 0.1) is 0 Å². The van der Waals surface area contributed by atoms with Crippen LogP contribution in [0.1, 0.15) is 22.4 Å². The zero-order valence-corrected chi connectivity index (χ0v) is 17.1. The summed E-state index contributed by atoms with van der Waals surface area (Å²) in [5.41, 5.74) is 3.95. The molecular formula is C23H17BrN2O3. The van der Waals surface area contributed by atoms with Crippen LogP contribution in [0.2, 0.25) is 0 Å². The average Bonchev–Trinajstić information content (AvgIpc) is 3.40. The topological polar surface area (TPSA) is 51.7 Å². The second-order valence-electron chi connectivity index (χ2n) is 7.59. The summed E-state index contributed by atoms with van der Waals surface area (Å²) in [7, 11) is 0. The Kier molecular flexibility index (Phi) is 3.56. The quantitative estimate of drug-likeness (QED) is 0.594. The number of hydrogen-bond acceptors (Lipinski definition) is 4. The lowest BCUT2D eigenvalue weighted by Gasteiger charge is -2.23. The summed E-state index contributed by atoms with van der Waals surface area (Å²) in [5, 5.41) is 0. The van der Waals surface area contributed by atoms with Gasteiger partial charge in [-0.3, -0.25) is 9.78 Å². The minimum atomic E-state index is -0.850. The van der Waals surface area contributed by atoms with Crippen LogP contribution in [0.5, 0.6) is 11.5 Å². The first-order chi connectivity index (χ1) is 14.2. The summed E-state index contributed by atoms with van der Waals surface area (Å²) >= 11 is 3.71. The maximum Gasteiger partial charge on any atom is 0.246 e. The monoisotopic (exact) mass is 448 g/mol. The first kappa shape index (κ1) is 17.0. The van der Waals surface area contributed by atoms with E-state index in [-0.39, 0.29) is 5.91 Å². The minimum absolute atomic E-state index is 0.0302. The molecule has 0 saturated carbocycles. The van der Waals surface area contributed by atoms with Gasteiger partial charge >= 0.3 is 0 Å². The van der Waals surface area contributed by atoms with Gasteiger partial charge in [0, 0.05) is 34.3 Å². The summed E-state index contributed by atoms with van der Waals surface area (Å²) < 4.78 is 12.7. The molecule has 1 unspecified atom stereocenters. The van der Waals surface area contributed by atoms with Gasteiger partial charge in [-0.05, 0) is 35.9 Å². The van der Waals surface area contributed by atoms with Gasteiger partial charge in [-0.15, -0.1) is 0 Å². The second kappa shape index (κ2) is 6.07. The molecule has 4 heterocycles. The summed E-state index contributed by atoms with van der Waals surface area (Å²) in [4.78, 5) is 20.2. The predicted molar refractivity (Wildman–Crippen MR) is 111 cm³/mol. The van der Waals surface area contributed by atoms with Crippen LogP contribution in [0.3, 0.4) is 0 Å². The van der Waals surface area contributed by atoms with Gasteiger partial charge in [0.05, 0.1) is 24.5 Å². The van der Waals surface area contributed by atoms with Gasteiger partial charge in [0.1, 0.15) is 23.5 Å². The van der Waals surface area contributed by atoms with Crippen molar-refractivity contribution < 1.29 is 14.3 Å². The number of carbonyl (C=O) groups excluding carboxylic acids is 1. The van der Waals surface area contributed by atoms with Crippen molar-refractivity contribution in [2.24, 2.45) is 0 Å². The highest BCUT2D eigenvalue weighted by Gasteiger charge is 2.58. The number of fused-ring (bicyclic) bond motifs is 5. The number of pyridine rings is 1. The molecule has 1 amide bonds. The SMILES string of the molecule is O=C1N(Cc2ccccn2)c2cccc(Br)c2C12COc1cc3c(cc12)CCO3. The molecule has 3 aliphatic rings. The van der Waals surface area contributed by atoms with Gasteiger partial charge in [-0.2, -0.15) is 0 Å². The molecule has 1 spiro atoms. The Hall–Kier alpha value is -2.86. The van der Waals surface area contributed by atoms with Crippen molar-refractivity contribution in [2.45, 2.75) is 18.4 Å². The number of halogens is 1. The first-order valence-corrected chi connectivity index (χ1v) is 10.4. The van der Waals surface area contributed by atoms with Crippen LogP contribution in [0.15, 0.2) is 59.2 Å². The molecule has 144 valence electrons. The van der Waals surface area contributed by atoms with Crippen molar-refractivity contribution in [1.29, 1.82) is 0 Å². The number of rotatable bonds is 2. The molecule has 3 aliphatic heterocycles. The third-order valence-electron chi connectivity index (χ3n) is 6.06. The normalized spacial score (nSPS) is 21.0. The van der Waals surface area contributed by atoms with E-state index < -0.39 is 5.41 Å². The van der Waals surface area contributed by atoms with Gasteiger partial charge in [-0.25, -0.2) is 0 Å². The molecule has 0 fully saturated rings. The Morgan fingerprint density at radius 3 is 2.90 bits per heavy atom. The van der Waals surface area contributed by atoms with Gasteiger partial charge in [0.2, 0.25) is 5.91 Å². The van der Waals surface area contributed by atoms with E-state index in [4.69, 9.17) is 9.47 Å². The predicted octanol–water partition coefficient (Wildman–Crippen LogP) is 4.00. The maximum absolute atomic E-state index is 14.0. The summed E-state index contributed by atoms with van der Waals surface area (Å²) in [6.07, 6.45) is 2.61. The van der Waals surface area contributed by atoms with E-state index >= 15 is 0 Å². The number of nitrogens with zero attached hydrogens (tertiary/aromatic N) is 2. The first-order valence-electron chi connectivity index (χ1n) is 9.62. The molecule has 5 nitrogen and oxygen atoms in total. The number of carbonyl (C=O) groups is 1. The number of anilines is 1. The molecule has 0 saturated heterocycles. The maximum atomic E-state index is 14.0. The molecule has 2 aromatic carbocycles. The second-order valence-corrected chi connectivity index (χ2v) is 8.45. The van der Waals surface area contributed by atoms with E-state index in [1.807, 2.05) is 47.4 Å². The highest BCUT2D eigenvalue weighted by atomic mass is 79.9. The van der Waals surface area contributed by atoms with Gasteiger partial charge in [0.15, 0.2) is 0 Å². The van der Waals surface area contributed by atoms with E-state index in [1.54, 1.807) is 6.20 Å². The highest BCUT2D eigenvalue weighted by molar-refractivity contribution is 9.10. The van der Waals surface area contributed by atoms with Crippen LogP contribution in [-0.2, 0) is 23.2 Å².